The third kappa shape index (κ3) is 2.95. The van der Waals surface area contributed by atoms with Gasteiger partial charge in [0.05, 0.1) is 5.52 Å². The molecule has 1 saturated heterocycles. The summed E-state index contributed by atoms with van der Waals surface area (Å²) in [6.45, 7) is 2.64. The number of likely N-dealkylation sites (tertiary alicyclic amines) is 1. The summed E-state index contributed by atoms with van der Waals surface area (Å²) in [5.74, 6) is 0.906. The Morgan fingerprint density at radius 1 is 1.05 bits per heavy atom. The van der Waals surface area contributed by atoms with Crippen LogP contribution in [0.2, 0.25) is 0 Å². The molecule has 4 rings (SSSR count). The van der Waals surface area contributed by atoms with Crippen molar-refractivity contribution in [1.82, 2.24) is 9.88 Å². The van der Waals surface area contributed by atoms with Gasteiger partial charge in [0, 0.05) is 23.5 Å². The lowest BCUT2D eigenvalue weighted by Gasteiger charge is -2.34. The fourth-order valence-corrected chi connectivity index (χ4v) is 3.97. The maximum Gasteiger partial charge on any atom is 0.134 e. The lowest BCUT2D eigenvalue weighted by molar-refractivity contribution is 0.186. The van der Waals surface area contributed by atoms with Crippen molar-refractivity contribution < 1.29 is 0 Å². The molecule has 2 fully saturated rings. The molecule has 115 valence electrons. The highest BCUT2D eigenvalue weighted by molar-refractivity contribution is 5.79. The summed E-state index contributed by atoms with van der Waals surface area (Å²) >= 11 is 0. The number of nitrogens with zero attached hydrogens (tertiary/aromatic N) is 2. The van der Waals surface area contributed by atoms with Crippen LogP contribution in [0, 0.1) is 6.07 Å². The SMILES string of the molecule is [c]1cc2ccccc2nc1N[C@H]1CC[C@H](N2CCCC2)CC1. The standard InChI is InChI=1S/C19H24N3/c1-2-6-18-15(5-1)7-12-19(21-18)20-16-8-10-17(11-9-16)22-13-3-4-14-22/h1-2,5-7,16-17H,3-4,8-11,13-14H2,(H,20,21)/t16-,17-. The molecule has 22 heavy (non-hydrogen) atoms. The van der Waals surface area contributed by atoms with Gasteiger partial charge in [-0.2, -0.15) is 0 Å². The Kier molecular flexibility index (Phi) is 3.98. The minimum atomic E-state index is 0.559. The van der Waals surface area contributed by atoms with E-state index in [4.69, 9.17) is 0 Å². The summed E-state index contributed by atoms with van der Waals surface area (Å²) in [4.78, 5) is 7.39. The van der Waals surface area contributed by atoms with Gasteiger partial charge in [0.1, 0.15) is 5.82 Å². The maximum absolute atomic E-state index is 4.69. The lowest BCUT2D eigenvalue weighted by atomic mass is 9.90. The first-order valence-corrected chi connectivity index (χ1v) is 8.66. The molecular formula is C19H24N3. The quantitative estimate of drug-likeness (QED) is 0.932. The Morgan fingerprint density at radius 2 is 1.82 bits per heavy atom. The predicted octanol–water partition coefficient (Wildman–Crippen LogP) is 3.85. The minimum Gasteiger partial charge on any atom is -0.367 e. The van der Waals surface area contributed by atoms with Gasteiger partial charge in [-0.25, -0.2) is 4.98 Å². The number of para-hydroxylation sites is 1. The molecule has 1 aromatic carbocycles. The molecule has 3 heteroatoms. The Bertz CT molecular complexity index is 625. The molecular weight excluding hydrogens is 270 g/mol. The van der Waals surface area contributed by atoms with E-state index in [0.29, 0.717) is 6.04 Å². The second-order valence-electron chi connectivity index (χ2n) is 6.70. The molecule has 1 N–H and O–H groups in total. The third-order valence-corrected chi connectivity index (χ3v) is 5.23. The molecule has 1 aliphatic heterocycles. The summed E-state index contributed by atoms with van der Waals surface area (Å²) in [5.41, 5.74) is 1.05. The van der Waals surface area contributed by atoms with Crippen molar-refractivity contribution in [2.75, 3.05) is 18.4 Å². The third-order valence-electron chi connectivity index (χ3n) is 5.23. The highest BCUT2D eigenvalue weighted by atomic mass is 15.2. The van der Waals surface area contributed by atoms with Crippen molar-refractivity contribution in [2.24, 2.45) is 0 Å². The van der Waals surface area contributed by atoms with E-state index in [9.17, 15) is 0 Å². The number of nitrogens with one attached hydrogen (secondary N) is 1. The molecule has 2 heterocycles. The molecule has 1 saturated carbocycles. The van der Waals surface area contributed by atoms with E-state index in [2.05, 4.69) is 33.4 Å². The van der Waals surface area contributed by atoms with Gasteiger partial charge in [-0.1, -0.05) is 18.2 Å². The van der Waals surface area contributed by atoms with Gasteiger partial charge in [-0.3, -0.25) is 0 Å². The molecule has 1 aromatic heterocycles. The molecule has 3 nitrogen and oxygen atoms in total. The molecule has 0 atom stereocenters. The number of fused-ring (bicyclic) bond motifs is 1. The Labute approximate surface area is 132 Å². The van der Waals surface area contributed by atoms with E-state index in [-0.39, 0.29) is 0 Å². The minimum absolute atomic E-state index is 0.559. The van der Waals surface area contributed by atoms with Gasteiger partial charge in [0.15, 0.2) is 0 Å². The number of pyridine rings is 1. The highest BCUT2D eigenvalue weighted by Gasteiger charge is 2.27. The first-order chi connectivity index (χ1) is 10.9. The molecule has 1 radical (unpaired) electrons. The second-order valence-corrected chi connectivity index (χ2v) is 6.70. The molecule has 0 amide bonds. The van der Waals surface area contributed by atoms with Crippen LogP contribution in [0.3, 0.4) is 0 Å². The van der Waals surface area contributed by atoms with Crippen LogP contribution in [0.25, 0.3) is 10.9 Å². The van der Waals surface area contributed by atoms with Gasteiger partial charge >= 0.3 is 0 Å². The predicted molar refractivity (Wildman–Crippen MR) is 91.1 cm³/mol. The molecule has 0 spiro atoms. The van der Waals surface area contributed by atoms with Crippen molar-refractivity contribution in [3.63, 3.8) is 0 Å². The smallest absolute Gasteiger partial charge is 0.134 e. The monoisotopic (exact) mass is 294 g/mol. The number of hydrogen-bond donors (Lipinski definition) is 1. The fourth-order valence-electron chi connectivity index (χ4n) is 3.97. The van der Waals surface area contributed by atoms with Crippen molar-refractivity contribution in [2.45, 2.75) is 50.6 Å². The van der Waals surface area contributed by atoms with E-state index in [1.54, 1.807) is 0 Å². The number of benzene rings is 1. The van der Waals surface area contributed by atoms with Crippen molar-refractivity contribution in [3.8, 4) is 0 Å². The van der Waals surface area contributed by atoms with Crippen LogP contribution >= 0.6 is 0 Å². The summed E-state index contributed by atoms with van der Waals surface area (Å²) in [5, 5.41) is 4.76. The Balaban J connectivity index is 1.37. The Hall–Kier alpha value is -1.61. The topological polar surface area (TPSA) is 28.2 Å². The fraction of sp³-hybridized carbons (Fsp3) is 0.526. The first-order valence-electron chi connectivity index (χ1n) is 8.66. The second kappa shape index (κ2) is 6.25. The van der Waals surface area contributed by atoms with E-state index in [1.807, 2.05) is 18.2 Å². The molecule has 1 aliphatic carbocycles. The first kappa shape index (κ1) is 14.0. The Morgan fingerprint density at radius 3 is 2.64 bits per heavy atom. The number of rotatable bonds is 3. The molecule has 0 bridgehead atoms. The van der Waals surface area contributed by atoms with Crippen LogP contribution in [-0.2, 0) is 0 Å². The van der Waals surface area contributed by atoms with Crippen LogP contribution < -0.4 is 5.32 Å². The molecule has 2 aromatic rings. The summed E-state index contributed by atoms with van der Waals surface area (Å²) in [6.07, 6.45) is 7.95. The van der Waals surface area contributed by atoms with Crippen molar-refractivity contribution >= 4 is 16.7 Å². The van der Waals surface area contributed by atoms with Crippen LogP contribution in [0.1, 0.15) is 38.5 Å². The van der Waals surface area contributed by atoms with E-state index in [1.165, 1.54) is 51.6 Å². The van der Waals surface area contributed by atoms with Crippen LogP contribution in [0.15, 0.2) is 30.3 Å². The highest BCUT2D eigenvalue weighted by Crippen LogP contribution is 2.27. The van der Waals surface area contributed by atoms with Gasteiger partial charge in [0.25, 0.3) is 0 Å². The summed E-state index contributed by atoms with van der Waals surface area (Å²) in [6, 6.07) is 15.0. The van der Waals surface area contributed by atoms with Crippen LogP contribution in [-0.4, -0.2) is 35.1 Å². The molecule has 2 aliphatic rings. The van der Waals surface area contributed by atoms with Gasteiger partial charge in [0.2, 0.25) is 0 Å². The number of hydrogen-bond acceptors (Lipinski definition) is 3. The normalized spacial score (nSPS) is 26.4. The largest absolute Gasteiger partial charge is 0.367 e. The van der Waals surface area contributed by atoms with E-state index in [0.717, 1.165) is 22.8 Å². The van der Waals surface area contributed by atoms with E-state index < -0.39 is 0 Å². The van der Waals surface area contributed by atoms with Gasteiger partial charge in [-0.15, -0.1) is 0 Å². The maximum atomic E-state index is 4.69. The average molecular weight is 294 g/mol. The average Bonchev–Trinajstić information content (AvgIpc) is 3.10. The van der Waals surface area contributed by atoms with Crippen LogP contribution in [0.5, 0.6) is 0 Å². The number of aromatic nitrogens is 1. The van der Waals surface area contributed by atoms with Gasteiger partial charge < -0.3 is 10.2 Å². The van der Waals surface area contributed by atoms with Gasteiger partial charge in [-0.05, 0) is 63.7 Å². The zero-order valence-corrected chi connectivity index (χ0v) is 13.1. The zero-order chi connectivity index (χ0) is 14.8. The summed E-state index contributed by atoms with van der Waals surface area (Å²) < 4.78 is 0. The van der Waals surface area contributed by atoms with Crippen molar-refractivity contribution in [3.05, 3.63) is 36.4 Å². The van der Waals surface area contributed by atoms with E-state index >= 15 is 0 Å². The van der Waals surface area contributed by atoms with Crippen molar-refractivity contribution in [1.29, 1.82) is 0 Å². The number of anilines is 1. The summed E-state index contributed by atoms with van der Waals surface area (Å²) in [7, 11) is 0. The lowest BCUT2D eigenvalue weighted by Crippen LogP contribution is -2.38. The van der Waals surface area contributed by atoms with Crippen LogP contribution in [0.4, 0.5) is 5.82 Å². The molecule has 0 unspecified atom stereocenters. The zero-order valence-electron chi connectivity index (χ0n) is 13.1.